The van der Waals surface area contributed by atoms with E-state index in [1.165, 1.54) is 20.0 Å². The van der Waals surface area contributed by atoms with E-state index in [0.29, 0.717) is 17.3 Å². The molecule has 138 valence electrons. The zero-order chi connectivity index (χ0) is 18.2. The van der Waals surface area contributed by atoms with Crippen molar-refractivity contribution in [3.8, 4) is 0 Å². The summed E-state index contributed by atoms with van der Waals surface area (Å²) in [5.41, 5.74) is 0.693. The average Bonchev–Trinajstić information content (AvgIpc) is 2.89. The molecule has 25 heavy (non-hydrogen) atoms. The van der Waals surface area contributed by atoms with Crippen molar-refractivity contribution in [1.29, 1.82) is 0 Å². The number of halogens is 1. The van der Waals surface area contributed by atoms with Gasteiger partial charge in [0.1, 0.15) is 0 Å². The molecule has 1 aromatic carbocycles. The first-order chi connectivity index (χ1) is 12.0. The van der Waals surface area contributed by atoms with E-state index in [1.807, 2.05) is 4.90 Å². The van der Waals surface area contributed by atoms with Crippen LogP contribution in [0.15, 0.2) is 24.3 Å². The van der Waals surface area contributed by atoms with Crippen molar-refractivity contribution in [2.24, 2.45) is 5.92 Å². The Labute approximate surface area is 154 Å². The summed E-state index contributed by atoms with van der Waals surface area (Å²) in [7, 11) is 1.38. The standard InChI is InChI=1S/C19H27ClN2O3/c1-14(18(23)25-2)13-22(17-7-5-3-4-6-8-17)19(24)21-16-11-9-15(20)10-12-16/h9-12,14,17H,3-8,13H2,1-2H3,(H,21,24). The topological polar surface area (TPSA) is 58.6 Å². The van der Waals surface area contributed by atoms with Gasteiger partial charge in [0.05, 0.1) is 13.0 Å². The Kier molecular flexibility index (Phi) is 7.56. The maximum Gasteiger partial charge on any atom is 0.322 e. The fourth-order valence-corrected chi connectivity index (χ4v) is 3.39. The van der Waals surface area contributed by atoms with Gasteiger partial charge in [-0.25, -0.2) is 4.79 Å². The molecule has 1 aromatic rings. The van der Waals surface area contributed by atoms with Crippen molar-refractivity contribution < 1.29 is 14.3 Å². The lowest BCUT2D eigenvalue weighted by Crippen LogP contribution is -2.46. The highest BCUT2D eigenvalue weighted by Crippen LogP contribution is 2.24. The quantitative estimate of drug-likeness (QED) is 0.606. The number of carbonyl (C=O) groups excluding carboxylic acids is 2. The summed E-state index contributed by atoms with van der Waals surface area (Å²) in [5.74, 6) is -0.651. The molecule has 1 N–H and O–H groups in total. The lowest BCUT2D eigenvalue weighted by atomic mass is 10.0. The van der Waals surface area contributed by atoms with Crippen molar-refractivity contribution in [2.75, 3.05) is 19.0 Å². The third kappa shape index (κ3) is 5.92. The van der Waals surface area contributed by atoms with Gasteiger partial charge in [-0.2, -0.15) is 0 Å². The average molecular weight is 367 g/mol. The Morgan fingerprint density at radius 1 is 1.20 bits per heavy atom. The molecule has 0 heterocycles. The van der Waals surface area contributed by atoms with Crippen LogP contribution in [0.4, 0.5) is 10.5 Å². The Balaban J connectivity index is 2.12. The molecule has 0 bridgehead atoms. The van der Waals surface area contributed by atoms with Crippen molar-refractivity contribution in [2.45, 2.75) is 51.5 Å². The highest BCUT2D eigenvalue weighted by atomic mass is 35.5. The molecule has 0 radical (unpaired) electrons. The second kappa shape index (κ2) is 9.66. The minimum absolute atomic E-state index is 0.155. The number of nitrogens with one attached hydrogen (secondary N) is 1. The lowest BCUT2D eigenvalue weighted by Gasteiger charge is -2.33. The first kappa shape index (κ1) is 19.6. The fourth-order valence-electron chi connectivity index (χ4n) is 3.27. The second-order valence-corrected chi connectivity index (χ2v) is 7.10. The van der Waals surface area contributed by atoms with Gasteiger partial charge < -0.3 is 15.0 Å². The Morgan fingerprint density at radius 3 is 2.36 bits per heavy atom. The van der Waals surface area contributed by atoms with Gasteiger partial charge in [-0.1, -0.05) is 44.2 Å². The van der Waals surface area contributed by atoms with Gasteiger partial charge in [0, 0.05) is 23.3 Å². The van der Waals surface area contributed by atoms with Gasteiger partial charge in [-0.3, -0.25) is 4.79 Å². The van der Waals surface area contributed by atoms with Gasteiger partial charge in [0.2, 0.25) is 0 Å². The molecule has 1 fully saturated rings. The summed E-state index contributed by atoms with van der Waals surface area (Å²) in [5, 5.41) is 3.55. The fraction of sp³-hybridized carbons (Fsp3) is 0.579. The van der Waals surface area contributed by atoms with Crippen molar-refractivity contribution >= 4 is 29.3 Å². The molecule has 1 saturated carbocycles. The van der Waals surface area contributed by atoms with E-state index < -0.39 is 0 Å². The summed E-state index contributed by atoms with van der Waals surface area (Å²) in [6, 6.07) is 7.01. The molecule has 6 heteroatoms. The number of ether oxygens (including phenoxy) is 1. The predicted octanol–water partition coefficient (Wildman–Crippen LogP) is 4.71. The number of amides is 2. The van der Waals surface area contributed by atoms with Crippen LogP contribution in [0.1, 0.15) is 45.4 Å². The largest absolute Gasteiger partial charge is 0.469 e. The summed E-state index contributed by atoms with van der Waals surface area (Å²) >= 11 is 5.90. The van der Waals surface area contributed by atoms with Crippen LogP contribution in [0, 0.1) is 5.92 Å². The first-order valence-electron chi connectivity index (χ1n) is 8.92. The van der Waals surface area contributed by atoms with E-state index in [4.69, 9.17) is 16.3 Å². The van der Waals surface area contributed by atoms with Gasteiger partial charge in [0.15, 0.2) is 0 Å². The summed E-state index contributed by atoms with van der Waals surface area (Å²) in [6.07, 6.45) is 6.58. The Bertz CT molecular complexity index is 569. The number of esters is 1. The maximum atomic E-state index is 12.9. The van der Waals surface area contributed by atoms with E-state index >= 15 is 0 Å². The highest BCUT2D eigenvalue weighted by Gasteiger charge is 2.28. The minimum Gasteiger partial charge on any atom is -0.469 e. The number of hydrogen-bond donors (Lipinski definition) is 1. The summed E-state index contributed by atoms with van der Waals surface area (Å²) < 4.78 is 4.82. The first-order valence-corrected chi connectivity index (χ1v) is 9.30. The van der Waals surface area contributed by atoms with E-state index in [-0.39, 0.29) is 24.0 Å². The number of hydrogen-bond acceptors (Lipinski definition) is 3. The third-order valence-electron chi connectivity index (χ3n) is 4.70. The Hall–Kier alpha value is -1.75. The Morgan fingerprint density at radius 2 is 1.80 bits per heavy atom. The number of benzene rings is 1. The zero-order valence-electron chi connectivity index (χ0n) is 15.0. The molecule has 0 spiro atoms. The van der Waals surface area contributed by atoms with Crippen LogP contribution >= 0.6 is 11.6 Å². The van der Waals surface area contributed by atoms with Crippen LogP contribution < -0.4 is 5.32 Å². The normalized spacial score (nSPS) is 16.6. The minimum atomic E-state index is -0.357. The molecule has 2 rings (SSSR count). The highest BCUT2D eigenvalue weighted by molar-refractivity contribution is 6.30. The predicted molar refractivity (Wildman–Crippen MR) is 99.8 cm³/mol. The smallest absolute Gasteiger partial charge is 0.322 e. The van der Waals surface area contributed by atoms with Crippen LogP contribution in [0.25, 0.3) is 0 Å². The third-order valence-corrected chi connectivity index (χ3v) is 4.95. The molecule has 0 saturated heterocycles. The number of methoxy groups -OCH3 is 1. The van der Waals surface area contributed by atoms with Crippen LogP contribution in [0.2, 0.25) is 5.02 Å². The van der Waals surface area contributed by atoms with Gasteiger partial charge in [-0.15, -0.1) is 0 Å². The van der Waals surface area contributed by atoms with Crippen molar-refractivity contribution in [3.05, 3.63) is 29.3 Å². The molecule has 1 atom stereocenters. The van der Waals surface area contributed by atoms with Gasteiger partial charge >= 0.3 is 12.0 Å². The van der Waals surface area contributed by atoms with Crippen LogP contribution in [0.5, 0.6) is 0 Å². The van der Waals surface area contributed by atoms with Crippen LogP contribution in [-0.4, -0.2) is 36.6 Å². The van der Waals surface area contributed by atoms with Gasteiger partial charge in [-0.05, 0) is 37.1 Å². The number of anilines is 1. The molecule has 1 aliphatic rings. The van der Waals surface area contributed by atoms with E-state index in [1.54, 1.807) is 31.2 Å². The summed E-state index contributed by atoms with van der Waals surface area (Å²) in [6.45, 7) is 2.15. The lowest BCUT2D eigenvalue weighted by molar-refractivity contribution is -0.145. The number of urea groups is 1. The molecular weight excluding hydrogens is 340 g/mol. The van der Waals surface area contributed by atoms with E-state index in [9.17, 15) is 9.59 Å². The molecule has 1 unspecified atom stereocenters. The molecule has 5 nitrogen and oxygen atoms in total. The zero-order valence-corrected chi connectivity index (χ0v) is 15.7. The molecule has 2 amide bonds. The monoisotopic (exact) mass is 366 g/mol. The maximum absolute atomic E-state index is 12.9. The van der Waals surface area contributed by atoms with Crippen LogP contribution in [0.3, 0.4) is 0 Å². The molecule has 1 aliphatic carbocycles. The molecule has 0 aromatic heterocycles. The second-order valence-electron chi connectivity index (χ2n) is 6.66. The van der Waals surface area contributed by atoms with Crippen molar-refractivity contribution in [1.82, 2.24) is 4.90 Å². The summed E-state index contributed by atoms with van der Waals surface area (Å²) in [4.78, 5) is 26.5. The van der Waals surface area contributed by atoms with Gasteiger partial charge in [0.25, 0.3) is 0 Å². The molecule has 0 aliphatic heterocycles. The molecular formula is C19H27ClN2O3. The number of nitrogens with zero attached hydrogens (tertiary/aromatic N) is 1. The number of rotatable bonds is 5. The SMILES string of the molecule is COC(=O)C(C)CN(C(=O)Nc1ccc(Cl)cc1)C1CCCCCC1. The van der Waals surface area contributed by atoms with Crippen LogP contribution in [-0.2, 0) is 9.53 Å². The van der Waals surface area contributed by atoms with Crippen molar-refractivity contribution in [3.63, 3.8) is 0 Å². The van der Waals surface area contributed by atoms with E-state index in [0.717, 1.165) is 25.7 Å². The van der Waals surface area contributed by atoms with E-state index in [2.05, 4.69) is 5.32 Å². The number of carbonyl (C=O) groups is 2.